The van der Waals surface area contributed by atoms with Gasteiger partial charge in [-0.05, 0) is 38.5 Å². The zero-order chi connectivity index (χ0) is 46.0. The number of ether oxygens (including phenoxy) is 3. The summed E-state index contributed by atoms with van der Waals surface area (Å²) >= 11 is 0. The van der Waals surface area contributed by atoms with Crippen LogP contribution in [0.4, 0.5) is 0 Å². The van der Waals surface area contributed by atoms with Crippen LogP contribution in [-0.2, 0) is 48.2 Å². The van der Waals surface area contributed by atoms with Crippen molar-refractivity contribution in [2.24, 2.45) is 0 Å². The molecule has 12 nitrogen and oxygen atoms in total. The number of carbonyl (C=O) groups excluding carboxylic acids is 3. The van der Waals surface area contributed by atoms with E-state index in [0.29, 0.717) is 0 Å². The van der Waals surface area contributed by atoms with Crippen molar-refractivity contribution in [3.63, 3.8) is 0 Å². The predicted molar refractivity (Wildman–Crippen MR) is 255 cm³/mol. The van der Waals surface area contributed by atoms with Crippen LogP contribution in [0, 0.1) is 0 Å². The van der Waals surface area contributed by atoms with Gasteiger partial charge in [0.25, 0.3) is 0 Å². The normalized spacial score (nSPS) is 11.7. The molecule has 360 valence electrons. The molecule has 63 heavy (non-hydrogen) atoms. The molecule has 0 N–H and O–H groups in total. The van der Waals surface area contributed by atoms with Gasteiger partial charge in [-0.15, -0.1) is 0 Å². The predicted octanol–water partition coefficient (Wildman–Crippen LogP) is 11.2. The van der Waals surface area contributed by atoms with E-state index in [9.17, 15) is 28.8 Å². The standard InChI is InChI=1S/C51H87N3O9/c1-4-7-10-13-16-19-22-25-28-31-34-37-46(55)61-43-40-52-49(58)53(41-44-62-47(56)38-35-32-29-26-23-20-17-14-11-8-5-2)51(60)54(50(52)59)42-45-63-48(57)39-36-33-30-27-24-21-18-15-12-9-6-3/h34-39H,4-33,40-45H2,1-3H3/b37-34+,38-35+,39-36+. The minimum absolute atomic E-state index is 0.286. The smallest absolute Gasteiger partial charge is 0.336 e. The van der Waals surface area contributed by atoms with Gasteiger partial charge in [0.1, 0.15) is 19.8 Å². The van der Waals surface area contributed by atoms with Crippen molar-refractivity contribution in [2.45, 2.75) is 233 Å². The Morgan fingerprint density at radius 3 is 0.778 bits per heavy atom. The largest absolute Gasteiger partial charge is 0.461 e. The molecule has 0 saturated carbocycles. The lowest BCUT2D eigenvalue weighted by Crippen LogP contribution is -2.55. The number of rotatable bonds is 42. The van der Waals surface area contributed by atoms with E-state index in [1.807, 2.05) is 0 Å². The fourth-order valence-electron chi connectivity index (χ4n) is 7.37. The van der Waals surface area contributed by atoms with Crippen LogP contribution in [0.5, 0.6) is 0 Å². The molecule has 0 radical (unpaired) electrons. The van der Waals surface area contributed by atoms with Gasteiger partial charge in [0.05, 0.1) is 19.6 Å². The SMILES string of the molecule is CCCCCCCCCCC/C=C/C(=O)OCCn1c(=O)n(CCOC(=O)/C=C/CCCCCCCCCCC)c(=O)n(CCOC(=O)/C=C/CCCCCCCCCCC)c1=O. The van der Waals surface area contributed by atoms with Crippen LogP contribution >= 0.6 is 0 Å². The Morgan fingerprint density at radius 1 is 0.349 bits per heavy atom. The van der Waals surface area contributed by atoms with E-state index in [2.05, 4.69) is 20.8 Å². The van der Waals surface area contributed by atoms with Crippen LogP contribution in [0.1, 0.15) is 213 Å². The summed E-state index contributed by atoms with van der Waals surface area (Å²) in [4.78, 5) is 77.6. The molecule has 0 aliphatic carbocycles. The van der Waals surface area contributed by atoms with Gasteiger partial charge in [0.15, 0.2) is 0 Å². The quantitative estimate of drug-likeness (QED) is 0.0271. The molecule has 1 aromatic rings. The zero-order valence-corrected chi connectivity index (χ0v) is 39.9. The summed E-state index contributed by atoms with van der Waals surface area (Å²) in [5, 5.41) is 0. The van der Waals surface area contributed by atoms with E-state index in [1.165, 1.54) is 153 Å². The molecule has 0 bridgehead atoms. The minimum atomic E-state index is -0.924. The summed E-state index contributed by atoms with van der Waals surface area (Å²) in [6, 6.07) is 0. The molecule has 0 aliphatic heterocycles. The van der Waals surface area contributed by atoms with Crippen LogP contribution in [0.25, 0.3) is 0 Å². The second-order valence-corrected chi connectivity index (χ2v) is 16.9. The lowest BCUT2D eigenvalue weighted by atomic mass is 10.1. The average molecular weight is 886 g/mol. The first-order chi connectivity index (χ1) is 30.8. The van der Waals surface area contributed by atoms with Crippen molar-refractivity contribution in [1.29, 1.82) is 0 Å². The lowest BCUT2D eigenvalue weighted by Gasteiger charge is -2.14. The highest BCUT2D eigenvalue weighted by molar-refractivity contribution is 5.82. The van der Waals surface area contributed by atoms with Gasteiger partial charge < -0.3 is 14.2 Å². The highest BCUT2D eigenvalue weighted by atomic mass is 16.5. The number of hydrogen-bond acceptors (Lipinski definition) is 9. The maximum atomic E-state index is 13.5. The number of hydrogen-bond donors (Lipinski definition) is 0. The van der Waals surface area contributed by atoms with Crippen molar-refractivity contribution in [2.75, 3.05) is 19.8 Å². The summed E-state index contributed by atoms with van der Waals surface area (Å²) < 4.78 is 18.3. The van der Waals surface area contributed by atoms with Crippen molar-refractivity contribution < 1.29 is 28.6 Å². The number of unbranched alkanes of at least 4 members (excludes halogenated alkanes) is 27. The van der Waals surface area contributed by atoms with Gasteiger partial charge in [-0.3, -0.25) is 0 Å². The highest BCUT2D eigenvalue weighted by Crippen LogP contribution is 2.13. The maximum absolute atomic E-state index is 13.5. The Kier molecular flexibility index (Phi) is 36.9. The summed E-state index contributed by atoms with van der Waals surface area (Å²) in [5.74, 6) is -1.78. The van der Waals surface area contributed by atoms with Gasteiger partial charge in [-0.25, -0.2) is 42.5 Å². The first-order valence-corrected chi connectivity index (χ1v) is 25.2. The lowest BCUT2D eigenvalue weighted by molar-refractivity contribution is -0.138. The molecule has 1 rings (SSSR count). The summed E-state index contributed by atoms with van der Waals surface area (Å²) in [6.07, 6.45) is 44.3. The molecule has 1 aromatic heterocycles. The van der Waals surface area contributed by atoms with Crippen molar-refractivity contribution in [1.82, 2.24) is 13.7 Å². The van der Waals surface area contributed by atoms with Crippen LogP contribution in [0.3, 0.4) is 0 Å². The Bertz CT molecular complexity index is 1390. The molecule has 0 amide bonds. The molecule has 12 heteroatoms. The molecular formula is C51H87N3O9. The number of aromatic nitrogens is 3. The van der Waals surface area contributed by atoms with Gasteiger partial charge in [-0.2, -0.15) is 0 Å². The molecule has 0 unspecified atom stereocenters. The number of nitrogens with zero attached hydrogens (tertiary/aromatic N) is 3. The molecule has 0 saturated heterocycles. The van der Waals surface area contributed by atoms with Crippen molar-refractivity contribution >= 4 is 17.9 Å². The Hall–Kier alpha value is -3.96. The van der Waals surface area contributed by atoms with Crippen LogP contribution < -0.4 is 17.1 Å². The molecule has 0 atom stereocenters. The summed E-state index contributed by atoms with van der Waals surface area (Å²) in [7, 11) is 0. The van der Waals surface area contributed by atoms with Gasteiger partial charge in [0, 0.05) is 18.2 Å². The third kappa shape index (κ3) is 30.7. The van der Waals surface area contributed by atoms with Gasteiger partial charge in [0.2, 0.25) is 0 Å². The van der Waals surface area contributed by atoms with Crippen LogP contribution in [-0.4, -0.2) is 51.4 Å². The first-order valence-electron chi connectivity index (χ1n) is 25.2. The molecule has 0 aliphatic rings. The maximum Gasteiger partial charge on any atom is 0.336 e. The van der Waals surface area contributed by atoms with E-state index < -0.39 is 35.0 Å². The Morgan fingerprint density at radius 2 is 0.556 bits per heavy atom. The Balaban J connectivity index is 2.76. The topological polar surface area (TPSA) is 145 Å². The Labute approximate surface area is 379 Å². The van der Waals surface area contributed by atoms with E-state index >= 15 is 0 Å². The van der Waals surface area contributed by atoms with Crippen molar-refractivity contribution in [3.05, 3.63) is 67.9 Å². The first kappa shape index (κ1) is 57.1. The average Bonchev–Trinajstić information content (AvgIpc) is 3.27. The zero-order valence-electron chi connectivity index (χ0n) is 39.9. The number of esters is 3. The second-order valence-electron chi connectivity index (χ2n) is 16.9. The van der Waals surface area contributed by atoms with Gasteiger partial charge in [-0.1, -0.05) is 193 Å². The monoisotopic (exact) mass is 886 g/mol. The number of allylic oxidation sites excluding steroid dienone is 3. The molecule has 0 fully saturated rings. The van der Waals surface area contributed by atoms with Crippen LogP contribution in [0.2, 0.25) is 0 Å². The number of carbonyl (C=O) groups is 3. The highest BCUT2D eigenvalue weighted by Gasteiger charge is 2.17. The summed E-state index contributed by atoms with van der Waals surface area (Å²) in [5.41, 5.74) is -2.77. The third-order valence-corrected chi connectivity index (χ3v) is 11.2. The minimum Gasteiger partial charge on any atom is -0.461 e. The van der Waals surface area contributed by atoms with Crippen LogP contribution in [0.15, 0.2) is 50.8 Å². The molecule has 0 aromatic carbocycles. The van der Waals surface area contributed by atoms with Crippen molar-refractivity contribution in [3.8, 4) is 0 Å². The van der Waals surface area contributed by atoms with E-state index in [0.717, 1.165) is 71.5 Å². The molecule has 1 heterocycles. The van der Waals surface area contributed by atoms with Gasteiger partial charge >= 0.3 is 35.0 Å². The fraction of sp³-hybridized carbons (Fsp3) is 0.765. The van der Waals surface area contributed by atoms with E-state index in [4.69, 9.17) is 14.2 Å². The second kappa shape index (κ2) is 40.8. The molecular weight excluding hydrogens is 799 g/mol. The third-order valence-electron chi connectivity index (χ3n) is 11.2. The summed E-state index contributed by atoms with van der Waals surface area (Å²) in [6.45, 7) is 4.87. The fourth-order valence-corrected chi connectivity index (χ4v) is 7.37. The van der Waals surface area contributed by atoms with E-state index in [-0.39, 0.29) is 39.5 Å². The molecule has 0 spiro atoms. The van der Waals surface area contributed by atoms with E-state index in [1.54, 1.807) is 18.2 Å².